The third-order valence-corrected chi connectivity index (χ3v) is 4.93. The Bertz CT molecular complexity index is 596. The molecule has 0 amide bonds. The summed E-state index contributed by atoms with van der Waals surface area (Å²) in [5.74, 6) is 0. The fraction of sp³-hybridized carbons (Fsp3) is 0.571. The maximum absolute atomic E-state index is 12.4. The van der Waals surface area contributed by atoms with Gasteiger partial charge in [0.15, 0.2) is 0 Å². The molecule has 0 radical (unpaired) electrons. The van der Waals surface area contributed by atoms with E-state index in [2.05, 4.69) is 10.0 Å². The van der Waals surface area contributed by atoms with Crippen LogP contribution in [0, 0.1) is 5.41 Å². The van der Waals surface area contributed by atoms with Crippen molar-refractivity contribution in [1.82, 2.24) is 10.0 Å². The minimum Gasteiger partial charge on any atom is -0.313 e. The molecule has 0 aromatic heterocycles. The molecule has 0 unspecified atom stereocenters. The van der Waals surface area contributed by atoms with E-state index in [1.165, 1.54) is 6.07 Å². The van der Waals surface area contributed by atoms with Gasteiger partial charge in [0.2, 0.25) is 10.0 Å². The standard InChI is InChI=1S/C14H22Cl2N2O2S/c1-5-17-8-10-6-11(15)7-12(13(10)16)21(19,20)18-9-14(2,3)4/h6-7,17-18H,5,8-9H2,1-4H3. The molecule has 21 heavy (non-hydrogen) atoms. The summed E-state index contributed by atoms with van der Waals surface area (Å²) in [7, 11) is -3.69. The second-order valence-corrected chi connectivity index (χ2v) is 8.59. The highest BCUT2D eigenvalue weighted by atomic mass is 35.5. The number of hydrogen-bond acceptors (Lipinski definition) is 3. The highest BCUT2D eigenvalue weighted by molar-refractivity contribution is 7.89. The summed E-state index contributed by atoms with van der Waals surface area (Å²) in [5.41, 5.74) is 0.507. The van der Waals surface area contributed by atoms with Gasteiger partial charge in [-0.2, -0.15) is 0 Å². The molecule has 0 aliphatic carbocycles. The maximum Gasteiger partial charge on any atom is 0.242 e. The van der Waals surface area contributed by atoms with Crippen LogP contribution < -0.4 is 10.0 Å². The molecular formula is C14H22Cl2N2O2S. The first-order valence-electron chi connectivity index (χ1n) is 6.75. The molecule has 0 bridgehead atoms. The quantitative estimate of drug-likeness (QED) is 0.824. The van der Waals surface area contributed by atoms with Crippen LogP contribution in [0.3, 0.4) is 0 Å². The van der Waals surface area contributed by atoms with Crippen molar-refractivity contribution in [1.29, 1.82) is 0 Å². The molecule has 0 fully saturated rings. The molecule has 7 heteroatoms. The molecule has 0 aliphatic heterocycles. The lowest BCUT2D eigenvalue weighted by Crippen LogP contribution is -2.32. The van der Waals surface area contributed by atoms with Gasteiger partial charge in [0.05, 0.1) is 5.02 Å². The molecule has 1 aromatic carbocycles. The van der Waals surface area contributed by atoms with Gasteiger partial charge in [-0.25, -0.2) is 13.1 Å². The Morgan fingerprint density at radius 3 is 2.33 bits per heavy atom. The molecule has 1 aromatic rings. The van der Waals surface area contributed by atoms with Crippen molar-refractivity contribution >= 4 is 33.2 Å². The van der Waals surface area contributed by atoms with E-state index in [0.29, 0.717) is 23.7 Å². The van der Waals surface area contributed by atoms with Gasteiger partial charge < -0.3 is 5.32 Å². The molecule has 0 aliphatic rings. The molecule has 0 saturated carbocycles. The smallest absolute Gasteiger partial charge is 0.242 e. The lowest BCUT2D eigenvalue weighted by molar-refractivity contribution is 0.407. The van der Waals surface area contributed by atoms with Crippen molar-refractivity contribution in [3.8, 4) is 0 Å². The molecular weight excluding hydrogens is 331 g/mol. The Morgan fingerprint density at radius 1 is 1.19 bits per heavy atom. The number of rotatable bonds is 6. The summed E-state index contributed by atoms with van der Waals surface area (Å²) in [4.78, 5) is 0.0221. The van der Waals surface area contributed by atoms with Crippen LogP contribution in [0.4, 0.5) is 0 Å². The number of halogens is 2. The average molecular weight is 353 g/mol. The van der Waals surface area contributed by atoms with Crippen molar-refractivity contribution in [2.75, 3.05) is 13.1 Å². The zero-order valence-corrected chi connectivity index (χ0v) is 15.1. The van der Waals surface area contributed by atoms with Gasteiger partial charge in [-0.3, -0.25) is 0 Å². The van der Waals surface area contributed by atoms with E-state index in [1.54, 1.807) is 6.07 Å². The Kier molecular flexibility index (Phi) is 6.50. The number of sulfonamides is 1. The van der Waals surface area contributed by atoms with Gasteiger partial charge in [-0.1, -0.05) is 50.9 Å². The summed E-state index contributed by atoms with van der Waals surface area (Å²) < 4.78 is 27.4. The summed E-state index contributed by atoms with van der Waals surface area (Å²) >= 11 is 12.3. The van der Waals surface area contributed by atoms with Crippen LogP contribution in [0.5, 0.6) is 0 Å². The highest BCUT2D eigenvalue weighted by Gasteiger charge is 2.23. The van der Waals surface area contributed by atoms with E-state index in [9.17, 15) is 8.42 Å². The minimum atomic E-state index is -3.69. The molecule has 120 valence electrons. The SMILES string of the molecule is CCNCc1cc(Cl)cc(S(=O)(=O)NCC(C)(C)C)c1Cl. The maximum atomic E-state index is 12.4. The van der Waals surface area contributed by atoms with E-state index < -0.39 is 10.0 Å². The second-order valence-electron chi connectivity index (χ2n) is 6.04. The number of benzene rings is 1. The Balaban J connectivity index is 3.14. The highest BCUT2D eigenvalue weighted by Crippen LogP contribution is 2.29. The zero-order valence-electron chi connectivity index (χ0n) is 12.8. The summed E-state index contributed by atoms with van der Waals surface area (Å²) in [6.07, 6.45) is 0. The molecule has 0 saturated heterocycles. The monoisotopic (exact) mass is 352 g/mol. The van der Waals surface area contributed by atoms with E-state index in [-0.39, 0.29) is 15.3 Å². The normalized spacial score (nSPS) is 12.7. The largest absolute Gasteiger partial charge is 0.313 e. The number of hydrogen-bond donors (Lipinski definition) is 2. The average Bonchev–Trinajstić information content (AvgIpc) is 2.36. The van der Waals surface area contributed by atoms with Gasteiger partial charge in [0, 0.05) is 18.1 Å². The Labute approximate surface area is 137 Å². The first-order chi connectivity index (χ1) is 9.57. The van der Waals surface area contributed by atoms with Crippen LogP contribution in [-0.2, 0) is 16.6 Å². The molecule has 2 N–H and O–H groups in total. The van der Waals surface area contributed by atoms with Gasteiger partial charge >= 0.3 is 0 Å². The summed E-state index contributed by atoms with van der Waals surface area (Å²) in [6.45, 7) is 9.36. The first kappa shape index (κ1) is 18.7. The zero-order chi connectivity index (χ0) is 16.3. The Hall–Kier alpha value is -0.330. The molecule has 0 spiro atoms. The lowest BCUT2D eigenvalue weighted by Gasteiger charge is -2.19. The fourth-order valence-corrected chi connectivity index (χ4v) is 3.81. The third-order valence-electron chi connectivity index (χ3n) is 2.73. The summed E-state index contributed by atoms with van der Waals surface area (Å²) in [5, 5.41) is 3.67. The van der Waals surface area contributed by atoms with Gasteiger partial charge in [-0.15, -0.1) is 0 Å². The Morgan fingerprint density at radius 2 is 1.81 bits per heavy atom. The van der Waals surface area contributed by atoms with Crippen LogP contribution in [0.1, 0.15) is 33.3 Å². The van der Waals surface area contributed by atoms with Crippen LogP contribution in [0.15, 0.2) is 17.0 Å². The van der Waals surface area contributed by atoms with Gasteiger partial charge in [0.1, 0.15) is 4.90 Å². The van der Waals surface area contributed by atoms with Crippen LogP contribution in [0.25, 0.3) is 0 Å². The fourth-order valence-electron chi connectivity index (χ4n) is 1.59. The predicted octanol–water partition coefficient (Wildman–Crippen LogP) is 3.43. The van der Waals surface area contributed by atoms with Gasteiger partial charge in [-0.05, 0) is 29.7 Å². The number of nitrogens with one attached hydrogen (secondary N) is 2. The van der Waals surface area contributed by atoms with E-state index >= 15 is 0 Å². The van der Waals surface area contributed by atoms with E-state index in [4.69, 9.17) is 23.2 Å². The third kappa shape index (κ3) is 5.75. The van der Waals surface area contributed by atoms with Crippen molar-refractivity contribution in [2.24, 2.45) is 5.41 Å². The lowest BCUT2D eigenvalue weighted by atomic mass is 9.98. The molecule has 0 heterocycles. The predicted molar refractivity (Wildman–Crippen MR) is 88.5 cm³/mol. The second kappa shape index (κ2) is 7.29. The van der Waals surface area contributed by atoms with Crippen molar-refractivity contribution in [3.05, 3.63) is 27.7 Å². The topological polar surface area (TPSA) is 58.2 Å². The summed E-state index contributed by atoms with van der Waals surface area (Å²) in [6, 6.07) is 3.06. The van der Waals surface area contributed by atoms with E-state index in [0.717, 1.165) is 6.54 Å². The van der Waals surface area contributed by atoms with Crippen molar-refractivity contribution in [3.63, 3.8) is 0 Å². The molecule has 0 atom stereocenters. The van der Waals surface area contributed by atoms with Crippen LogP contribution >= 0.6 is 23.2 Å². The first-order valence-corrected chi connectivity index (χ1v) is 8.99. The molecule has 1 rings (SSSR count). The van der Waals surface area contributed by atoms with E-state index in [1.807, 2.05) is 27.7 Å². The van der Waals surface area contributed by atoms with Crippen LogP contribution in [-0.4, -0.2) is 21.5 Å². The van der Waals surface area contributed by atoms with Crippen molar-refractivity contribution < 1.29 is 8.42 Å². The van der Waals surface area contributed by atoms with Crippen molar-refractivity contribution in [2.45, 2.75) is 39.1 Å². The van der Waals surface area contributed by atoms with Gasteiger partial charge in [0.25, 0.3) is 0 Å². The van der Waals surface area contributed by atoms with Crippen LogP contribution in [0.2, 0.25) is 10.0 Å². The molecule has 4 nitrogen and oxygen atoms in total. The minimum absolute atomic E-state index is 0.0221.